The number of piperidine rings is 1. The van der Waals surface area contributed by atoms with Crippen molar-refractivity contribution < 1.29 is 0 Å². The molecular formula is C27H36N6. The summed E-state index contributed by atoms with van der Waals surface area (Å²) in [7, 11) is 0. The summed E-state index contributed by atoms with van der Waals surface area (Å²) in [6, 6.07) is 22.1. The van der Waals surface area contributed by atoms with E-state index in [0.29, 0.717) is 18.6 Å². The molecule has 174 valence electrons. The zero-order valence-corrected chi connectivity index (χ0v) is 19.8. The van der Waals surface area contributed by atoms with Crippen LogP contribution in [0.2, 0.25) is 0 Å². The Kier molecular flexibility index (Phi) is 8.14. The Hall–Kier alpha value is -3.12. The topological polar surface area (TPSA) is 57.5 Å². The Bertz CT molecular complexity index is 998. The van der Waals surface area contributed by atoms with Crippen LogP contribution >= 0.6 is 0 Å². The Labute approximate surface area is 197 Å². The van der Waals surface area contributed by atoms with Crippen molar-refractivity contribution in [3.63, 3.8) is 0 Å². The van der Waals surface area contributed by atoms with E-state index in [2.05, 4.69) is 95.3 Å². The van der Waals surface area contributed by atoms with Gasteiger partial charge in [-0.05, 0) is 37.8 Å². The maximum atomic E-state index is 4.84. The molecule has 0 saturated carbocycles. The standard InChI is InChI=1S/C27H36N6/c1-3-28-27(29-17-25-18-30-33(21-25)20-24-12-8-5-9-13-24)31-26-14-15-32(22(2)16-26)19-23-10-6-4-7-11-23/h4-13,18,21-22,26H,3,14-17,19-20H2,1-2H3,(H2,28,29,31). The molecule has 6 heteroatoms. The van der Waals surface area contributed by atoms with Crippen molar-refractivity contribution in [3.8, 4) is 0 Å². The van der Waals surface area contributed by atoms with Gasteiger partial charge in [-0.15, -0.1) is 0 Å². The molecular weight excluding hydrogens is 408 g/mol. The van der Waals surface area contributed by atoms with Gasteiger partial charge in [0.2, 0.25) is 0 Å². The largest absolute Gasteiger partial charge is 0.357 e. The minimum absolute atomic E-state index is 0.436. The minimum atomic E-state index is 0.436. The molecule has 1 aliphatic rings. The lowest BCUT2D eigenvalue weighted by atomic mass is 9.97. The number of hydrogen-bond acceptors (Lipinski definition) is 3. The third-order valence-electron chi connectivity index (χ3n) is 6.22. The fourth-order valence-electron chi connectivity index (χ4n) is 4.43. The molecule has 0 spiro atoms. The van der Waals surface area contributed by atoms with Crippen LogP contribution in [0, 0.1) is 0 Å². The van der Waals surface area contributed by atoms with Crippen molar-refractivity contribution in [1.82, 2.24) is 25.3 Å². The van der Waals surface area contributed by atoms with Crippen molar-refractivity contribution in [2.75, 3.05) is 13.1 Å². The molecule has 3 aromatic rings. The van der Waals surface area contributed by atoms with Gasteiger partial charge < -0.3 is 10.6 Å². The number of benzene rings is 2. The summed E-state index contributed by atoms with van der Waals surface area (Å²) in [6.45, 7) is 8.81. The molecule has 0 radical (unpaired) electrons. The number of rotatable bonds is 8. The summed E-state index contributed by atoms with van der Waals surface area (Å²) in [5, 5.41) is 11.6. The smallest absolute Gasteiger partial charge is 0.191 e. The molecule has 0 bridgehead atoms. The van der Waals surface area contributed by atoms with Crippen LogP contribution in [0.15, 0.2) is 78.0 Å². The van der Waals surface area contributed by atoms with Crippen molar-refractivity contribution in [3.05, 3.63) is 89.7 Å². The lowest BCUT2D eigenvalue weighted by molar-refractivity contribution is 0.134. The van der Waals surface area contributed by atoms with Gasteiger partial charge in [-0.25, -0.2) is 4.99 Å². The van der Waals surface area contributed by atoms with Gasteiger partial charge in [0, 0.05) is 43.5 Å². The molecule has 0 amide bonds. The molecule has 2 heterocycles. The lowest BCUT2D eigenvalue weighted by Crippen LogP contribution is -2.51. The molecule has 1 aromatic heterocycles. The van der Waals surface area contributed by atoms with E-state index in [-0.39, 0.29) is 0 Å². The van der Waals surface area contributed by atoms with Gasteiger partial charge in [-0.3, -0.25) is 9.58 Å². The second-order valence-electron chi connectivity index (χ2n) is 8.90. The van der Waals surface area contributed by atoms with Crippen LogP contribution in [-0.4, -0.2) is 45.8 Å². The first-order valence-corrected chi connectivity index (χ1v) is 12.1. The van der Waals surface area contributed by atoms with Gasteiger partial charge in [0.25, 0.3) is 0 Å². The maximum absolute atomic E-state index is 4.84. The molecule has 6 nitrogen and oxygen atoms in total. The quantitative estimate of drug-likeness (QED) is 0.407. The summed E-state index contributed by atoms with van der Waals surface area (Å²) < 4.78 is 1.98. The third kappa shape index (κ3) is 6.93. The number of nitrogens with zero attached hydrogens (tertiary/aromatic N) is 4. The predicted octanol–water partition coefficient (Wildman–Crippen LogP) is 4.04. The van der Waals surface area contributed by atoms with Gasteiger partial charge in [0.15, 0.2) is 5.96 Å². The first-order valence-electron chi connectivity index (χ1n) is 12.1. The van der Waals surface area contributed by atoms with Gasteiger partial charge in [0.05, 0.1) is 19.3 Å². The summed E-state index contributed by atoms with van der Waals surface area (Å²) in [5.74, 6) is 0.891. The second-order valence-corrected chi connectivity index (χ2v) is 8.90. The monoisotopic (exact) mass is 444 g/mol. The summed E-state index contributed by atoms with van der Waals surface area (Å²) in [5.41, 5.74) is 3.76. The second kappa shape index (κ2) is 11.7. The van der Waals surface area contributed by atoms with Crippen LogP contribution in [0.5, 0.6) is 0 Å². The van der Waals surface area contributed by atoms with Crippen LogP contribution in [0.1, 0.15) is 43.4 Å². The van der Waals surface area contributed by atoms with Crippen LogP contribution in [0.4, 0.5) is 0 Å². The van der Waals surface area contributed by atoms with E-state index < -0.39 is 0 Å². The van der Waals surface area contributed by atoms with Crippen molar-refractivity contribution in [2.45, 2.75) is 58.4 Å². The lowest BCUT2D eigenvalue weighted by Gasteiger charge is -2.38. The van der Waals surface area contributed by atoms with E-state index in [0.717, 1.165) is 50.5 Å². The molecule has 1 fully saturated rings. The van der Waals surface area contributed by atoms with Gasteiger partial charge in [-0.2, -0.15) is 5.10 Å². The van der Waals surface area contributed by atoms with Crippen LogP contribution < -0.4 is 10.6 Å². The summed E-state index contributed by atoms with van der Waals surface area (Å²) in [4.78, 5) is 7.42. The SMILES string of the molecule is CCNC(=NCc1cnn(Cc2ccccc2)c1)NC1CCN(Cc2ccccc2)C(C)C1. The van der Waals surface area contributed by atoms with E-state index in [9.17, 15) is 0 Å². The number of hydrogen-bond donors (Lipinski definition) is 2. The number of aromatic nitrogens is 2. The number of nitrogens with one attached hydrogen (secondary N) is 2. The van der Waals surface area contributed by atoms with Gasteiger partial charge in [0.1, 0.15) is 0 Å². The fourth-order valence-corrected chi connectivity index (χ4v) is 4.43. The van der Waals surface area contributed by atoms with Crippen LogP contribution in [0.3, 0.4) is 0 Å². The number of likely N-dealkylation sites (tertiary alicyclic amines) is 1. The molecule has 1 saturated heterocycles. The highest BCUT2D eigenvalue weighted by molar-refractivity contribution is 5.80. The van der Waals surface area contributed by atoms with Gasteiger partial charge in [-0.1, -0.05) is 60.7 Å². The fraction of sp³-hybridized carbons (Fsp3) is 0.407. The minimum Gasteiger partial charge on any atom is -0.357 e. The van der Waals surface area contributed by atoms with E-state index in [1.54, 1.807) is 0 Å². The zero-order chi connectivity index (χ0) is 22.9. The first-order chi connectivity index (χ1) is 16.2. The normalized spacial score (nSPS) is 19.4. The van der Waals surface area contributed by atoms with Crippen LogP contribution in [-0.2, 0) is 19.6 Å². The highest BCUT2D eigenvalue weighted by Gasteiger charge is 2.26. The first kappa shape index (κ1) is 23.1. The van der Waals surface area contributed by atoms with E-state index in [1.165, 1.54) is 11.1 Å². The zero-order valence-electron chi connectivity index (χ0n) is 19.8. The molecule has 2 aromatic carbocycles. The molecule has 33 heavy (non-hydrogen) atoms. The maximum Gasteiger partial charge on any atom is 0.191 e. The predicted molar refractivity (Wildman–Crippen MR) is 135 cm³/mol. The average molecular weight is 445 g/mol. The number of aliphatic imine (C=N–C) groups is 1. The molecule has 2 atom stereocenters. The Morgan fingerprint density at radius 1 is 1.00 bits per heavy atom. The molecule has 2 unspecified atom stereocenters. The summed E-state index contributed by atoms with van der Waals surface area (Å²) >= 11 is 0. The molecule has 1 aliphatic heterocycles. The van der Waals surface area contributed by atoms with Crippen molar-refractivity contribution >= 4 is 5.96 Å². The highest BCUT2D eigenvalue weighted by atomic mass is 15.3. The van der Waals surface area contributed by atoms with Crippen molar-refractivity contribution in [2.24, 2.45) is 4.99 Å². The molecule has 0 aliphatic carbocycles. The Morgan fingerprint density at radius 2 is 1.70 bits per heavy atom. The van der Waals surface area contributed by atoms with Crippen LogP contribution in [0.25, 0.3) is 0 Å². The molecule has 4 rings (SSSR count). The van der Waals surface area contributed by atoms with Gasteiger partial charge >= 0.3 is 0 Å². The van der Waals surface area contributed by atoms with E-state index in [1.807, 2.05) is 16.9 Å². The highest BCUT2D eigenvalue weighted by Crippen LogP contribution is 2.20. The third-order valence-corrected chi connectivity index (χ3v) is 6.22. The van der Waals surface area contributed by atoms with E-state index >= 15 is 0 Å². The number of guanidine groups is 1. The van der Waals surface area contributed by atoms with Crippen molar-refractivity contribution in [1.29, 1.82) is 0 Å². The average Bonchev–Trinajstić information content (AvgIpc) is 3.28. The Balaban J connectivity index is 1.29. The summed E-state index contributed by atoms with van der Waals surface area (Å²) in [6.07, 6.45) is 6.24. The Morgan fingerprint density at radius 3 is 2.36 bits per heavy atom. The molecule has 2 N–H and O–H groups in total. The van der Waals surface area contributed by atoms with E-state index in [4.69, 9.17) is 4.99 Å².